The molecule has 1 aliphatic heterocycles. The molecule has 2 aromatic carbocycles. The van der Waals surface area contributed by atoms with E-state index >= 15 is 0 Å². The zero-order valence-corrected chi connectivity index (χ0v) is 19.4. The third kappa shape index (κ3) is 4.91. The fourth-order valence-corrected chi connectivity index (χ4v) is 4.67. The minimum atomic E-state index is -0.379. The van der Waals surface area contributed by atoms with Gasteiger partial charge < -0.3 is 9.47 Å². The third-order valence-corrected chi connectivity index (χ3v) is 6.13. The summed E-state index contributed by atoms with van der Waals surface area (Å²) in [6.45, 7) is 2.41. The highest BCUT2D eigenvalue weighted by atomic mass is 79.9. The summed E-state index contributed by atoms with van der Waals surface area (Å²) in [4.78, 5) is 26.7. The van der Waals surface area contributed by atoms with E-state index < -0.39 is 0 Å². The molecule has 152 valence electrons. The van der Waals surface area contributed by atoms with E-state index in [1.807, 2.05) is 6.92 Å². The average molecular weight is 517 g/mol. The van der Waals surface area contributed by atoms with Gasteiger partial charge in [0.05, 0.1) is 29.6 Å². The smallest absolute Gasteiger partial charge is 0.293 e. The molecule has 1 heterocycles. The zero-order valence-electron chi connectivity index (χ0n) is 15.5. The van der Waals surface area contributed by atoms with E-state index in [-0.39, 0.29) is 17.7 Å². The van der Waals surface area contributed by atoms with E-state index in [2.05, 4.69) is 15.9 Å². The lowest BCUT2D eigenvalue weighted by Gasteiger charge is -2.14. The molecule has 0 radical (unpaired) electrons. The van der Waals surface area contributed by atoms with Gasteiger partial charge in [0.1, 0.15) is 0 Å². The van der Waals surface area contributed by atoms with Crippen LogP contribution in [0.5, 0.6) is 11.5 Å². The number of hydrogen-bond acceptors (Lipinski definition) is 5. The fourth-order valence-electron chi connectivity index (χ4n) is 2.74. The van der Waals surface area contributed by atoms with Crippen LogP contribution in [0, 0.1) is 0 Å². The topological polar surface area (TPSA) is 55.8 Å². The molecule has 0 aliphatic carbocycles. The summed E-state index contributed by atoms with van der Waals surface area (Å²) in [5.41, 5.74) is 1.35. The molecule has 2 amide bonds. The number of thioether (sulfide) groups is 1. The van der Waals surface area contributed by atoms with Gasteiger partial charge in [-0.05, 0) is 76.1 Å². The number of halogens is 3. The van der Waals surface area contributed by atoms with Gasteiger partial charge in [0.2, 0.25) is 0 Å². The molecule has 0 unspecified atom stereocenters. The lowest BCUT2D eigenvalue weighted by molar-refractivity contribution is -0.123. The van der Waals surface area contributed by atoms with E-state index in [9.17, 15) is 9.59 Å². The molecular weight excluding hydrogens is 501 g/mol. The molecule has 0 bridgehead atoms. The quantitative estimate of drug-likeness (QED) is 0.416. The van der Waals surface area contributed by atoms with Crippen LogP contribution in [0.1, 0.15) is 18.1 Å². The van der Waals surface area contributed by atoms with Gasteiger partial charge in [0, 0.05) is 10.0 Å². The van der Waals surface area contributed by atoms with Crippen molar-refractivity contribution in [2.45, 2.75) is 13.5 Å². The summed E-state index contributed by atoms with van der Waals surface area (Å²) in [7, 11) is 1.55. The Hall–Kier alpha value is -1.67. The van der Waals surface area contributed by atoms with Crippen molar-refractivity contribution >= 4 is 68.1 Å². The van der Waals surface area contributed by atoms with Gasteiger partial charge in [0.25, 0.3) is 11.1 Å². The van der Waals surface area contributed by atoms with E-state index in [1.165, 1.54) is 0 Å². The first-order chi connectivity index (χ1) is 13.8. The van der Waals surface area contributed by atoms with E-state index in [1.54, 1.807) is 43.5 Å². The molecule has 5 nitrogen and oxygen atoms in total. The number of rotatable bonds is 6. The molecule has 0 spiro atoms. The minimum Gasteiger partial charge on any atom is -0.492 e. The Morgan fingerprint density at radius 2 is 1.97 bits per heavy atom. The number of imide groups is 1. The third-order valence-electron chi connectivity index (χ3n) is 4.05. The monoisotopic (exact) mass is 515 g/mol. The number of ether oxygens (including phenoxy) is 2. The number of amides is 2. The number of benzene rings is 2. The Morgan fingerprint density at radius 3 is 2.62 bits per heavy atom. The van der Waals surface area contributed by atoms with Gasteiger partial charge >= 0.3 is 0 Å². The second-order valence-corrected chi connectivity index (χ2v) is 8.66. The first kappa shape index (κ1) is 22.0. The minimum absolute atomic E-state index is 0.0779. The maximum atomic E-state index is 12.8. The summed E-state index contributed by atoms with van der Waals surface area (Å²) in [6, 6.07) is 8.51. The number of carbonyl (C=O) groups is 2. The number of nitrogens with zero attached hydrogens (tertiary/aromatic N) is 1. The molecule has 1 saturated heterocycles. The first-order valence-electron chi connectivity index (χ1n) is 8.53. The van der Waals surface area contributed by atoms with E-state index in [0.717, 1.165) is 16.7 Å². The van der Waals surface area contributed by atoms with Crippen LogP contribution in [0.4, 0.5) is 4.79 Å². The van der Waals surface area contributed by atoms with Crippen LogP contribution in [0.3, 0.4) is 0 Å². The SMILES string of the molecule is CCOc1cc(/C=C2\SC(=O)N(Cc3ccc(Cl)cc3Cl)C2=O)cc(Br)c1OC. The van der Waals surface area contributed by atoms with Crippen molar-refractivity contribution in [2.75, 3.05) is 13.7 Å². The Balaban J connectivity index is 1.88. The summed E-state index contributed by atoms with van der Waals surface area (Å²) < 4.78 is 11.6. The molecule has 1 aliphatic rings. The largest absolute Gasteiger partial charge is 0.492 e. The second kappa shape index (κ2) is 9.43. The average Bonchev–Trinajstić information content (AvgIpc) is 2.91. The van der Waals surface area contributed by atoms with Gasteiger partial charge in [-0.15, -0.1) is 0 Å². The van der Waals surface area contributed by atoms with Crippen LogP contribution in [0.25, 0.3) is 6.08 Å². The van der Waals surface area contributed by atoms with Crippen LogP contribution in [0.15, 0.2) is 39.7 Å². The van der Waals surface area contributed by atoms with Gasteiger partial charge in [-0.3, -0.25) is 14.5 Å². The lowest BCUT2D eigenvalue weighted by atomic mass is 10.1. The maximum absolute atomic E-state index is 12.8. The van der Waals surface area contributed by atoms with Crippen LogP contribution >= 0.6 is 50.9 Å². The molecule has 29 heavy (non-hydrogen) atoms. The van der Waals surface area contributed by atoms with Crippen molar-refractivity contribution in [1.29, 1.82) is 0 Å². The highest BCUT2D eigenvalue weighted by Crippen LogP contribution is 2.39. The van der Waals surface area contributed by atoms with Crippen LogP contribution in [0.2, 0.25) is 10.0 Å². The molecule has 0 atom stereocenters. The lowest BCUT2D eigenvalue weighted by Crippen LogP contribution is -2.27. The van der Waals surface area contributed by atoms with E-state index in [4.69, 9.17) is 32.7 Å². The van der Waals surface area contributed by atoms with Crippen molar-refractivity contribution in [1.82, 2.24) is 4.90 Å². The number of carbonyl (C=O) groups excluding carboxylic acids is 2. The standard InChI is InChI=1S/C20H16BrCl2NO4S/c1-3-28-16-7-11(6-14(21)18(16)27-2)8-17-19(25)24(20(26)29-17)10-12-4-5-13(22)9-15(12)23/h4-9H,3,10H2,1-2H3/b17-8-. The predicted molar refractivity (Wildman–Crippen MR) is 120 cm³/mol. The number of methoxy groups -OCH3 is 1. The van der Waals surface area contributed by atoms with Crippen molar-refractivity contribution in [3.63, 3.8) is 0 Å². The van der Waals surface area contributed by atoms with E-state index in [0.29, 0.717) is 48.7 Å². The Bertz CT molecular complexity index is 1010. The zero-order chi connectivity index (χ0) is 21.1. The van der Waals surface area contributed by atoms with Crippen molar-refractivity contribution in [3.05, 3.63) is 60.9 Å². The van der Waals surface area contributed by atoms with Crippen LogP contribution < -0.4 is 9.47 Å². The second-order valence-electron chi connectivity index (χ2n) is 5.97. The Morgan fingerprint density at radius 1 is 1.21 bits per heavy atom. The molecular formula is C20H16BrCl2NO4S. The summed E-state index contributed by atoms with van der Waals surface area (Å²) >= 11 is 16.4. The highest BCUT2D eigenvalue weighted by molar-refractivity contribution is 9.10. The number of hydrogen-bond donors (Lipinski definition) is 0. The van der Waals surface area contributed by atoms with Gasteiger partial charge in [-0.2, -0.15) is 0 Å². The molecule has 0 N–H and O–H groups in total. The molecule has 3 rings (SSSR count). The van der Waals surface area contributed by atoms with Crippen LogP contribution in [-0.4, -0.2) is 29.8 Å². The molecule has 2 aromatic rings. The van der Waals surface area contributed by atoms with Gasteiger partial charge in [0.15, 0.2) is 11.5 Å². The summed E-state index contributed by atoms with van der Waals surface area (Å²) in [5, 5.41) is 0.536. The van der Waals surface area contributed by atoms with Crippen molar-refractivity contribution in [2.24, 2.45) is 0 Å². The van der Waals surface area contributed by atoms with Crippen molar-refractivity contribution in [3.8, 4) is 11.5 Å². The van der Waals surface area contributed by atoms with Gasteiger partial charge in [-0.25, -0.2) is 0 Å². The summed E-state index contributed by atoms with van der Waals surface area (Å²) in [5.74, 6) is 0.730. The Kier molecular flexibility index (Phi) is 7.16. The highest BCUT2D eigenvalue weighted by Gasteiger charge is 2.35. The molecule has 0 saturated carbocycles. The molecule has 1 fully saturated rings. The Labute approximate surface area is 191 Å². The summed E-state index contributed by atoms with van der Waals surface area (Å²) in [6.07, 6.45) is 1.65. The normalized spacial score (nSPS) is 15.3. The molecule has 0 aromatic heterocycles. The first-order valence-corrected chi connectivity index (χ1v) is 10.9. The van der Waals surface area contributed by atoms with Crippen molar-refractivity contribution < 1.29 is 19.1 Å². The predicted octanol–water partition coefficient (Wildman–Crippen LogP) is 6.40. The fraction of sp³-hybridized carbons (Fsp3) is 0.200. The van der Waals surface area contributed by atoms with Crippen LogP contribution in [-0.2, 0) is 11.3 Å². The van der Waals surface area contributed by atoms with Gasteiger partial charge in [-0.1, -0.05) is 29.3 Å². The maximum Gasteiger partial charge on any atom is 0.293 e. The molecule has 9 heteroatoms.